The van der Waals surface area contributed by atoms with E-state index in [2.05, 4.69) is 27.7 Å². The Kier molecular flexibility index (Phi) is 7.25. The molecule has 2 heteroatoms. The first-order valence-electron chi connectivity index (χ1n) is 7.07. The smallest absolute Gasteiger partial charge is 0.0336 e. The van der Waals surface area contributed by atoms with Gasteiger partial charge in [0.25, 0.3) is 0 Å². The van der Waals surface area contributed by atoms with Gasteiger partial charge in [0, 0.05) is 11.1 Å². The summed E-state index contributed by atoms with van der Waals surface area (Å²) < 4.78 is 0. The van der Waals surface area contributed by atoms with Crippen molar-refractivity contribution in [1.29, 1.82) is 0 Å². The molecular formula is C14H32N2. The van der Waals surface area contributed by atoms with Gasteiger partial charge < -0.3 is 11.5 Å². The predicted octanol–water partition coefficient (Wildman–Crippen LogP) is 3.58. The molecule has 0 heterocycles. The maximum Gasteiger partial charge on any atom is 0.0336 e. The Hall–Kier alpha value is -0.0800. The van der Waals surface area contributed by atoms with Crippen LogP contribution < -0.4 is 11.5 Å². The van der Waals surface area contributed by atoms with Crippen LogP contribution in [-0.4, -0.2) is 11.1 Å². The van der Waals surface area contributed by atoms with Gasteiger partial charge in [-0.2, -0.15) is 0 Å². The van der Waals surface area contributed by atoms with Crippen molar-refractivity contribution in [2.24, 2.45) is 11.5 Å². The largest absolute Gasteiger partial charge is 0.324 e. The van der Waals surface area contributed by atoms with E-state index in [0.717, 1.165) is 51.4 Å². The van der Waals surface area contributed by atoms with Crippen LogP contribution in [0.15, 0.2) is 0 Å². The molecule has 0 aliphatic rings. The third-order valence-corrected chi connectivity index (χ3v) is 3.78. The maximum atomic E-state index is 6.64. The lowest BCUT2D eigenvalue weighted by Crippen LogP contribution is -2.65. The molecule has 0 bridgehead atoms. The molecule has 0 aliphatic carbocycles. The third-order valence-electron chi connectivity index (χ3n) is 3.78. The van der Waals surface area contributed by atoms with Crippen molar-refractivity contribution in [3.05, 3.63) is 0 Å². The van der Waals surface area contributed by atoms with Gasteiger partial charge in [-0.1, -0.05) is 53.4 Å². The predicted molar refractivity (Wildman–Crippen MR) is 73.5 cm³/mol. The van der Waals surface area contributed by atoms with E-state index in [1.807, 2.05) is 0 Å². The van der Waals surface area contributed by atoms with E-state index in [-0.39, 0.29) is 11.1 Å². The van der Waals surface area contributed by atoms with Crippen LogP contribution in [0.3, 0.4) is 0 Å². The zero-order chi connectivity index (χ0) is 12.7. The summed E-state index contributed by atoms with van der Waals surface area (Å²) in [5.74, 6) is 0. The SMILES string of the molecule is CCCC(N)(CCC)C(N)(CCC)CCC. The summed E-state index contributed by atoms with van der Waals surface area (Å²) in [7, 11) is 0. The first kappa shape index (κ1) is 15.9. The number of nitrogens with two attached hydrogens (primary N) is 2. The lowest BCUT2D eigenvalue weighted by atomic mass is 9.68. The molecule has 0 spiro atoms. The summed E-state index contributed by atoms with van der Waals surface area (Å²) in [4.78, 5) is 0. The van der Waals surface area contributed by atoms with E-state index in [9.17, 15) is 0 Å². The first-order valence-corrected chi connectivity index (χ1v) is 7.07. The van der Waals surface area contributed by atoms with Gasteiger partial charge in [-0.05, 0) is 25.7 Å². The fourth-order valence-electron chi connectivity index (χ4n) is 3.03. The van der Waals surface area contributed by atoms with Crippen LogP contribution in [0.1, 0.15) is 79.1 Å². The lowest BCUT2D eigenvalue weighted by Gasteiger charge is -2.47. The van der Waals surface area contributed by atoms with Crippen LogP contribution >= 0.6 is 0 Å². The second-order valence-electron chi connectivity index (χ2n) is 5.31. The van der Waals surface area contributed by atoms with Crippen molar-refractivity contribution in [3.8, 4) is 0 Å². The summed E-state index contributed by atoms with van der Waals surface area (Å²) >= 11 is 0. The number of hydrogen-bond acceptors (Lipinski definition) is 2. The van der Waals surface area contributed by atoms with Gasteiger partial charge in [-0.15, -0.1) is 0 Å². The molecule has 0 unspecified atom stereocenters. The second kappa shape index (κ2) is 7.29. The molecule has 0 aliphatic heterocycles. The minimum atomic E-state index is -0.164. The van der Waals surface area contributed by atoms with Crippen LogP contribution in [-0.2, 0) is 0 Å². The van der Waals surface area contributed by atoms with Crippen LogP contribution in [0.4, 0.5) is 0 Å². The quantitative estimate of drug-likeness (QED) is 0.634. The molecule has 0 aromatic carbocycles. The van der Waals surface area contributed by atoms with E-state index >= 15 is 0 Å². The normalized spacial score (nSPS) is 13.1. The molecular weight excluding hydrogens is 196 g/mol. The molecule has 0 atom stereocenters. The van der Waals surface area contributed by atoms with E-state index in [4.69, 9.17) is 11.5 Å². The van der Waals surface area contributed by atoms with Gasteiger partial charge in [0.15, 0.2) is 0 Å². The Morgan fingerprint density at radius 3 is 0.875 bits per heavy atom. The molecule has 0 rings (SSSR count). The van der Waals surface area contributed by atoms with Crippen molar-refractivity contribution < 1.29 is 0 Å². The molecule has 0 amide bonds. The van der Waals surface area contributed by atoms with Crippen molar-refractivity contribution in [3.63, 3.8) is 0 Å². The molecule has 16 heavy (non-hydrogen) atoms. The summed E-state index contributed by atoms with van der Waals surface area (Å²) in [5.41, 5.74) is 13.0. The number of hydrogen-bond donors (Lipinski definition) is 2. The summed E-state index contributed by atoms with van der Waals surface area (Å²) in [5, 5.41) is 0. The highest BCUT2D eigenvalue weighted by Gasteiger charge is 2.42. The highest BCUT2D eigenvalue weighted by molar-refractivity contribution is 5.06. The van der Waals surface area contributed by atoms with Crippen molar-refractivity contribution >= 4 is 0 Å². The van der Waals surface area contributed by atoms with E-state index < -0.39 is 0 Å². The van der Waals surface area contributed by atoms with Gasteiger partial charge in [0.05, 0.1) is 0 Å². The monoisotopic (exact) mass is 228 g/mol. The van der Waals surface area contributed by atoms with Crippen molar-refractivity contribution in [2.75, 3.05) is 0 Å². The topological polar surface area (TPSA) is 52.0 Å². The zero-order valence-corrected chi connectivity index (χ0v) is 11.8. The van der Waals surface area contributed by atoms with Crippen molar-refractivity contribution in [1.82, 2.24) is 0 Å². The Bertz CT molecular complexity index is 146. The van der Waals surface area contributed by atoms with E-state index in [1.54, 1.807) is 0 Å². The van der Waals surface area contributed by atoms with Gasteiger partial charge in [-0.3, -0.25) is 0 Å². The Balaban J connectivity index is 4.90. The fraction of sp³-hybridized carbons (Fsp3) is 1.00. The maximum absolute atomic E-state index is 6.64. The Labute approximate surface area is 102 Å². The average Bonchev–Trinajstić information content (AvgIpc) is 2.19. The minimum Gasteiger partial charge on any atom is -0.324 e. The van der Waals surface area contributed by atoms with Gasteiger partial charge in [-0.25, -0.2) is 0 Å². The highest BCUT2D eigenvalue weighted by atomic mass is 14.9. The Morgan fingerprint density at radius 1 is 0.562 bits per heavy atom. The molecule has 0 saturated heterocycles. The molecule has 2 nitrogen and oxygen atoms in total. The molecule has 0 aromatic rings. The molecule has 0 saturated carbocycles. The first-order chi connectivity index (χ1) is 7.49. The van der Waals surface area contributed by atoms with Crippen LogP contribution in [0.25, 0.3) is 0 Å². The minimum absolute atomic E-state index is 0.164. The number of rotatable bonds is 9. The molecule has 0 radical (unpaired) electrons. The molecule has 4 N–H and O–H groups in total. The van der Waals surface area contributed by atoms with Gasteiger partial charge in [0.1, 0.15) is 0 Å². The van der Waals surface area contributed by atoms with Crippen LogP contribution in [0, 0.1) is 0 Å². The zero-order valence-electron chi connectivity index (χ0n) is 11.8. The van der Waals surface area contributed by atoms with Crippen molar-refractivity contribution in [2.45, 2.75) is 90.1 Å². The summed E-state index contributed by atoms with van der Waals surface area (Å²) in [6, 6.07) is 0. The molecule has 98 valence electrons. The van der Waals surface area contributed by atoms with E-state index in [1.165, 1.54) is 0 Å². The van der Waals surface area contributed by atoms with Crippen LogP contribution in [0.2, 0.25) is 0 Å². The highest BCUT2D eigenvalue weighted by Crippen LogP contribution is 2.34. The average molecular weight is 228 g/mol. The lowest BCUT2D eigenvalue weighted by molar-refractivity contribution is 0.160. The molecule has 0 fully saturated rings. The van der Waals surface area contributed by atoms with Crippen LogP contribution in [0.5, 0.6) is 0 Å². The van der Waals surface area contributed by atoms with Gasteiger partial charge in [0.2, 0.25) is 0 Å². The molecule has 0 aromatic heterocycles. The summed E-state index contributed by atoms with van der Waals surface area (Å²) in [6.45, 7) is 8.82. The second-order valence-corrected chi connectivity index (χ2v) is 5.31. The summed E-state index contributed by atoms with van der Waals surface area (Å²) in [6.07, 6.45) is 8.72. The standard InChI is InChI=1S/C14H32N2/c1-5-9-13(15,10-6-2)14(16,11-7-3)12-8-4/h5-12,15-16H2,1-4H3. The Morgan fingerprint density at radius 2 is 0.750 bits per heavy atom. The third kappa shape index (κ3) is 3.74. The van der Waals surface area contributed by atoms with E-state index in [0.29, 0.717) is 0 Å². The fourth-order valence-corrected chi connectivity index (χ4v) is 3.03. The van der Waals surface area contributed by atoms with Gasteiger partial charge >= 0.3 is 0 Å².